The molecule has 8 heteroatoms. The van der Waals surface area contributed by atoms with Gasteiger partial charge in [-0.2, -0.15) is 0 Å². The molecule has 0 aliphatic rings. The highest BCUT2D eigenvalue weighted by molar-refractivity contribution is 6.38. The molecule has 0 saturated carbocycles. The monoisotopic (exact) mass is 407 g/mol. The normalized spacial score (nSPS) is 10.4. The van der Waals surface area contributed by atoms with Gasteiger partial charge in [0.1, 0.15) is 0 Å². The van der Waals surface area contributed by atoms with Crippen LogP contribution in [0.2, 0.25) is 15.1 Å². The molecule has 0 bridgehead atoms. The molecule has 1 aromatic heterocycles. The third-order valence-electron chi connectivity index (χ3n) is 3.48. The molecular formula is C18H12Cl3N3O2. The number of urea groups is 1. The number of hydrogen-bond donors (Lipinski definition) is 2. The van der Waals surface area contributed by atoms with Gasteiger partial charge in [0.05, 0.1) is 26.3 Å². The Labute approximate surface area is 164 Å². The number of imide groups is 1. The predicted octanol–water partition coefficient (Wildman–Crippen LogP) is 5.40. The Balaban J connectivity index is 1.74. The Morgan fingerprint density at radius 1 is 0.846 bits per heavy atom. The van der Waals surface area contributed by atoms with Crippen LogP contribution in [0.5, 0.6) is 0 Å². The Bertz CT molecular complexity index is 949. The molecule has 0 radical (unpaired) electrons. The molecule has 3 amide bonds. The zero-order valence-electron chi connectivity index (χ0n) is 13.2. The number of amides is 3. The summed E-state index contributed by atoms with van der Waals surface area (Å²) in [4.78, 5) is 24.2. The van der Waals surface area contributed by atoms with Crippen molar-refractivity contribution in [3.05, 3.63) is 81.6 Å². The van der Waals surface area contributed by atoms with Gasteiger partial charge in [0.2, 0.25) is 0 Å². The number of carbonyl (C=O) groups excluding carboxylic acids is 2. The number of nitrogens with zero attached hydrogens (tertiary/aromatic N) is 1. The highest BCUT2D eigenvalue weighted by atomic mass is 35.5. The Hall–Kier alpha value is -2.47. The zero-order chi connectivity index (χ0) is 18.7. The van der Waals surface area contributed by atoms with Gasteiger partial charge in [-0.25, -0.2) is 4.79 Å². The van der Waals surface area contributed by atoms with Crippen molar-refractivity contribution in [2.75, 3.05) is 5.32 Å². The summed E-state index contributed by atoms with van der Waals surface area (Å²) in [5, 5.41) is 5.67. The summed E-state index contributed by atoms with van der Waals surface area (Å²) in [6.45, 7) is 0. The lowest BCUT2D eigenvalue weighted by Crippen LogP contribution is -2.34. The van der Waals surface area contributed by atoms with Crippen LogP contribution in [-0.4, -0.2) is 16.5 Å². The summed E-state index contributed by atoms with van der Waals surface area (Å²) in [6, 6.07) is 12.5. The first-order valence-corrected chi connectivity index (χ1v) is 8.58. The fraction of sp³-hybridized carbons (Fsp3) is 0. The van der Waals surface area contributed by atoms with Crippen LogP contribution >= 0.6 is 34.8 Å². The van der Waals surface area contributed by atoms with Crippen molar-refractivity contribution in [3.8, 4) is 5.69 Å². The summed E-state index contributed by atoms with van der Waals surface area (Å²) in [7, 11) is 0. The molecule has 26 heavy (non-hydrogen) atoms. The number of anilines is 1. The molecule has 2 aromatic carbocycles. The first-order valence-electron chi connectivity index (χ1n) is 7.45. The summed E-state index contributed by atoms with van der Waals surface area (Å²) in [5.74, 6) is -0.616. The van der Waals surface area contributed by atoms with E-state index in [9.17, 15) is 9.59 Å². The second-order valence-electron chi connectivity index (χ2n) is 5.27. The van der Waals surface area contributed by atoms with Crippen LogP contribution in [-0.2, 0) is 0 Å². The van der Waals surface area contributed by atoms with Crippen LogP contribution in [0.1, 0.15) is 10.4 Å². The van der Waals surface area contributed by atoms with Gasteiger partial charge in [-0.3, -0.25) is 10.1 Å². The van der Waals surface area contributed by atoms with E-state index in [-0.39, 0.29) is 10.6 Å². The average Bonchev–Trinajstić information content (AvgIpc) is 3.08. The molecule has 5 nitrogen and oxygen atoms in total. The van der Waals surface area contributed by atoms with Gasteiger partial charge in [-0.1, -0.05) is 46.9 Å². The van der Waals surface area contributed by atoms with Crippen LogP contribution in [0.25, 0.3) is 5.69 Å². The van der Waals surface area contributed by atoms with Crippen LogP contribution in [0.15, 0.2) is 60.9 Å². The Morgan fingerprint density at radius 2 is 1.46 bits per heavy atom. The molecule has 0 spiro atoms. The van der Waals surface area contributed by atoms with Crippen LogP contribution in [0.3, 0.4) is 0 Å². The smallest absolute Gasteiger partial charge is 0.321 e. The number of nitrogens with one attached hydrogen (secondary N) is 2. The zero-order valence-corrected chi connectivity index (χ0v) is 15.4. The molecular weight excluding hydrogens is 397 g/mol. The standard InChI is InChI=1S/C18H12Cl3N3O2/c19-13-6-2-1-5-12(13)17(25)23-18(26)22-11-9-14(20)16(15(21)10-11)24-7-3-4-8-24/h1-10H,(H2,22,23,25,26). The third-order valence-corrected chi connectivity index (χ3v) is 4.39. The largest absolute Gasteiger partial charge is 0.326 e. The van der Waals surface area contributed by atoms with Gasteiger partial charge in [-0.05, 0) is 36.4 Å². The first-order chi connectivity index (χ1) is 12.5. The number of halogens is 3. The molecule has 3 rings (SSSR count). The van der Waals surface area contributed by atoms with E-state index in [1.807, 2.05) is 12.1 Å². The van der Waals surface area contributed by atoms with Crippen molar-refractivity contribution in [2.24, 2.45) is 0 Å². The molecule has 2 N–H and O–H groups in total. The van der Waals surface area contributed by atoms with Crippen molar-refractivity contribution in [2.45, 2.75) is 0 Å². The molecule has 0 aliphatic heterocycles. The molecule has 0 saturated heterocycles. The molecule has 0 fully saturated rings. The van der Waals surface area contributed by atoms with Crippen molar-refractivity contribution in [1.29, 1.82) is 0 Å². The quantitative estimate of drug-likeness (QED) is 0.609. The SMILES string of the molecule is O=C(NC(=O)c1ccccc1Cl)Nc1cc(Cl)c(-n2cccc2)c(Cl)c1. The Morgan fingerprint density at radius 3 is 2.08 bits per heavy atom. The molecule has 0 unspecified atom stereocenters. The predicted molar refractivity (Wildman–Crippen MR) is 104 cm³/mol. The van der Waals surface area contributed by atoms with Crippen molar-refractivity contribution in [1.82, 2.24) is 9.88 Å². The fourth-order valence-corrected chi connectivity index (χ4v) is 3.25. The number of aromatic nitrogens is 1. The van der Waals surface area contributed by atoms with E-state index in [1.54, 1.807) is 47.3 Å². The van der Waals surface area contributed by atoms with Crippen LogP contribution in [0.4, 0.5) is 10.5 Å². The number of rotatable bonds is 3. The van der Waals surface area contributed by atoms with E-state index in [0.717, 1.165) is 0 Å². The van der Waals surface area contributed by atoms with Crippen molar-refractivity contribution < 1.29 is 9.59 Å². The lowest BCUT2D eigenvalue weighted by molar-refractivity contribution is 0.0967. The minimum atomic E-state index is -0.726. The van der Waals surface area contributed by atoms with Crippen LogP contribution in [0, 0.1) is 0 Å². The second-order valence-corrected chi connectivity index (χ2v) is 6.49. The van der Waals surface area contributed by atoms with E-state index >= 15 is 0 Å². The third kappa shape index (κ3) is 4.02. The van der Waals surface area contributed by atoms with Crippen molar-refractivity contribution >= 4 is 52.4 Å². The molecule has 0 aliphatic carbocycles. The summed E-state index contributed by atoms with van der Waals surface area (Å²) >= 11 is 18.5. The average molecular weight is 409 g/mol. The van der Waals surface area contributed by atoms with Gasteiger partial charge in [0.25, 0.3) is 5.91 Å². The first kappa shape index (κ1) is 18.3. The highest BCUT2D eigenvalue weighted by Crippen LogP contribution is 2.32. The molecule has 3 aromatic rings. The van der Waals surface area contributed by atoms with Gasteiger partial charge in [-0.15, -0.1) is 0 Å². The number of hydrogen-bond acceptors (Lipinski definition) is 2. The molecule has 0 atom stereocenters. The minimum absolute atomic E-state index is 0.198. The van der Waals surface area contributed by atoms with Gasteiger partial charge >= 0.3 is 6.03 Å². The number of carbonyl (C=O) groups is 2. The van der Waals surface area contributed by atoms with E-state index < -0.39 is 11.9 Å². The Kier molecular flexibility index (Phi) is 5.52. The van der Waals surface area contributed by atoms with Crippen LogP contribution < -0.4 is 10.6 Å². The lowest BCUT2D eigenvalue weighted by atomic mass is 10.2. The van der Waals surface area contributed by atoms with E-state index in [1.165, 1.54) is 6.07 Å². The maximum atomic E-state index is 12.1. The number of benzene rings is 2. The highest BCUT2D eigenvalue weighted by Gasteiger charge is 2.15. The van der Waals surface area contributed by atoms with Gasteiger partial charge in [0, 0.05) is 18.1 Å². The summed E-state index contributed by atoms with van der Waals surface area (Å²) in [5.41, 5.74) is 1.14. The lowest BCUT2D eigenvalue weighted by Gasteiger charge is -2.12. The second kappa shape index (κ2) is 7.83. The molecule has 132 valence electrons. The maximum Gasteiger partial charge on any atom is 0.326 e. The maximum absolute atomic E-state index is 12.1. The van der Waals surface area contributed by atoms with E-state index in [2.05, 4.69) is 10.6 Å². The minimum Gasteiger partial charge on any atom is -0.321 e. The molecule has 1 heterocycles. The fourth-order valence-electron chi connectivity index (χ4n) is 2.35. The van der Waals surface area contributed by atoms with Crippen molar-refractivity contribution in [3.63, 3.8) is 0 Å². The summed E-state index contributed by atoms with van der Waals surface area (Å²) < 4.78 is 1.76. The van der Waals surface area contributed by atoms with E-state index in [0.29, 0.717) is 21.4 Å². The van der Waals surface area contributed by atoms with Gasteiger partial charge in [0.15, 0.2) is 0 Å². The summed E-state index contributed by atoms with van der Waals surface area (Å²) in [6.07, 6.45) is 3.60. The van der Waals surface area contributed by atoms with Gasteiger partial charge < -0.3 is 9.88 Å². The topological polar surface area (TPSA) is 63.1 Å². The van der Waals surface area contributed by atoms with E-state index in [4.69, 9.17) is 34.8 Å².